The lowest BCUT2D eigenvalue weighted by atomic mass is 10.1. The molecule has 0 spiro atoms. The Kier molecular flexibility index (Phi) is 2.59. The summed E-state index contributed by atoms with van der Waals surface area (Å²) in [6.07, 6.45) is 0. The van der Waals surface area contributed by atoms with Crippen LogP contribution in [0.5, 0.6) is 17.2 Å². The lowest BCUT2D eigenvalue weighted by Crippen LogP contribution is -2.40. The third-order valence-electron chi connectivity index (χ3n) is 2.14. The van der Waals surface area contributed by atoms with Gasteiger partial charge in [-0.25, -0.2) is 0 Å². The van der Waals surface area contributed by atoms with Gasteiger partial charge in [-0.1, -0.05) is 0 Å². The van der Waals surface area contributed by atoms with Crippen LogP contribution in [0, 0.1) is 11.3 Å². The largest absolute Gasteiger partial charge is 0.490 e. The van der Waals surface area contributed by atoms with Gasteiger partial charge in [-0.05, 0) is 19.1 Å². The highest BCUT2D eigenvalue weighted by atomic mass is 16.7. The average molecular weight is 220 g/mol. The van der Waals surface area contributed by atoms with Crippen LogP contribution in [0.25, 0.3) is 0 Å². The minimum Gasteiger partial charge on any atom is -0.490 e. The van der Waals surface area contributed by atoms with Gasteiger partial charge in [0, 0.05) is 6.07 Å². The molecule has 1 atom stereocenters. The first-order chi connectivity index (χ1) is 7.61. The fourth-order valence-corrected chi connectivity index (χ4v) is 1.23. The standard InChI is InChI=1S/C11H12N2O3/c1-11(13,5-12)6-14-8-2-3-9-10(4-8)16-7-15-9/h2-4H,6-7,13H2,1H3. The van der Waals surface area contributed by atoms with Gasteiger partial charge in [0.15, 0.2) is 11.5 Å². The molecule has 1 aromatic rings. The zero-order chi connectivity index (χ0) is 11.6. The molecule has 0 bridgehead atoms. The highest BCUT2D eigenvalue weighted by Crippen LogP contribution is 2.35. The predicted octanol–water partition coefficient (Wildman–Crippen LogP) is 1.04. The van der Waals surface area contributed by atoms with E-state index >= 15 is 0 Å². The topological polar surface area (TPSA) is 77.5 Å². The number of hydrogen-bond acceptors (Lipinski definition) is 5. The van der Waals surface area contributed by atoms with Crippen molar-refractivity contribution in [3.63, 3.8) is 0 Å². The minimum atomic E-state index is -0.990. The van der Waals surface area contributed by atoms with Crippen LogP contribution in [-0.4, -0.2) is 18.9 Å². The van der Waals surface area contributed by atoms with E-state index in [1.165, 1.54) is 0 Å². The molecule has 0 radical (unpaired) electrons. The molecule has 0 amide bonds. The molecule has 1 unspecified atom stereocenters. The van der Waals surface area contributed by atoms with Crippen molar-refractivity contribution in [2.24, 2.45) is 5.73 Å². The summed E-state index contributed by atoms with van der Waals surface area (Å²) >= 11 is 0. The molecule has 1 aliphatic rings. The summed E-state index contributed by atoms with van der Waals surface area (Å²) in [5.41, 5.74) is 4.64. The van der Waals surface area contributed by atoms with Gasteiger partial charge >= 0.3 is 0 Å². The van der Waals surface area contributed by atoms with Crippen LogP contribution in [0.1, 0.15) is 6.92 Å². The van der Waals surface area contributed by atoms with E-state index in [2.05, 4.69) is 0 Å². The van der Waals surface area contributed by atoms with Gasteiger partial charge in [0.1, 0.15) is 17.9 Å². The smallest absolute Gasteiger partial charge is 0.231 e. The molecule has 0 aliphatic carbocycles. The molecular weight excluding hydrogens is 208 g/mol. The molecule has 0 saturated carbocycles. The molecule has 84 valence electrons. The average Bonchev–Trinajstić information content (AvgIpc) is 2.73. The number of nitrogens with zero attached hydrogens (tertiary/aromatic N) is 1. The predicted molar refractivity (Wildman–Crippen MR) is 56.3 cm³/mol. The van der Waals surface area contributed by atoms with Crippen molar-refractivity contribution in [2.75, 3.05) is 13.4 Å². The Morgan fingerprint density at radius 3 is 3.00 bits per heavy atom. The molecule has 0 saturated heterocycles. The molecular formula is C11H12N2O3. The Balaban J connectivity index is 2.04. The molecule has 2 N–H and O–H groups in total. The second-order valence-corrected chi connectivity index (χ2v) is 3.83. The van der Waals surface area contributed by atoms with Gasteiger partial charge in [-0.3, -0.25) is 0 Å². The molecule has 1 aromatic carbocycles. The molecule has 2 rings (SSSR count). The van der Waals surface area contributed by atoms with E-state index in [1.54, 1.807) is 25.1 Å². The van der Waals surface area contributed by atoms with Crippen LogP contribution in [0.4, 0.5) is 0 Å². The van der Waals surface area contributed by atoms with Crippen LogP contribution in [-0.2, 0) is 0 Å². The van der Waals surface area contributed by atoms with E-state index in [-0.39, 0.29) is 13.4 Å². The number of nitriles is 1. The molecule has 5 nitrogen and oxygen atoms in total. The number of benzene rings is 1. The van der Waals surface area contributed by atoms with Gasteiger partial charge in [0.2, 0.25) is 6.79 Å². The van der Waals surface area contributed by atoms with Crippen molar-refractivity contribution in [1.29, 1.82) is 5.26 Å². The summed E-state index contributed by atoms with van der Waals surface area (Å²) < 4.78 is 15.8. The van der Waals surface area contributed by atoms with Crippen LogP contribution >= 0.6 is 0 Å². The Morgan fingerprint density at radius 1 is 1.50 bits per heavy atom. The first-order valence-corrected chi connectivity index (χ1v) is 4.83. The zero-order valence-corrected chi connectivity index (χ0v) is 8.90. The molecule has 0 aromatic heterocycles. The Hall–Kier alpha value is -1.93. The van der Waals surface area contributed by atoms with Gasteiger partial charge in [0.05, 0.1) is 6.07 Å². The summed E-state index contributed by atoms with van der Waals surface area (Å²) in [7, 11) is 0. The van der Waals surface area contributed by atoms with Crippen LogP contribution in [0.2, 0.25) is 0 Å². The maximum Gasteiger partial charge on any atom is 0.231 e. The van der Waals surface area contributed by atoms with E-state index in [0.29, 0.717) is 17.2 Å². The molecule has 1 heterocycles. The highest BCUT2D eigenvalue weighted by Gasteiger charge is 2.19. The Morgan fingerprint density at radius 2 is 2.25 bits per heavy atom. The lowest BCUT2D eigenvalue weighted by Gasteiger charge is -2.16. The van der Waals surface area contributed by atoms with Gasteiger partial charge < -0.3 is 19.9 Å². The molecule has 1 aliphatic heterocycles. The summed E-state index contributed by atoms with van der Waals surface area (Å²) in [5.74, 6) is 1.95. The molecule has 16 heavy (non-hydrogen) atoms. The second kappa shape index (κ2) is 3.91. The zero-order valence-electron chi connectivity index (χ0n) is 8.90. The van der Waals surface area contributed by atoms with Crippen molar-refractivity contribution < 1.29 is 14.2 Å². The fourth-order valence-electron chi connectivity index (χ4n) is 1.23. The summed E-state index contributed by atoms with van der Waals surface area (Å²) in [6.45, 7) is 1.97. The normalized spacial score (nSPS) is 16.3. The molecule has 0 fully saturated rings. The van der Waals surface area contributed by atoms with E-state index in [9.17, 15) is 0 Å². The Bertz CT molecular complexity index is 437. The fraction of sp³-hybridized carbons (Fsp3) is 0.364. The maximum absolute atomic E-state index is 8.73. The lowest BCUT2D eigenvalue weighted by molar-refractivity contribution is 0.173. The van der Waals surface area contributed by atoms with Crippen molar-refractivity contribution in [1.82, 2.24) is 0 Å². The van der Waals surface area contributed by atoms with E-state index in [1.807, 2.05) is 6.07 Å². The van der Waals surface area contributed by atoms with Gasteiger partial charge in [0.25, 0.3) is 0 Å². The second-order valence-electron chi connectivity index (χ2n) is 3.83. The van der Waals surface area contributed by atoms with E-state index in [4.69, 9.17) is 25.2 Å². The number of rotatable bonds is 3. The number of nitrogens with two attached hydrogens (primary N) is 1. The first-order valence-electron chi connectivity index (χ1n) is 4.83. The molecule has 5 heteroatoms. The van der Waals surface area contributed by atoms with Crippen LogP contribution < -0.4 is 19.9 Å². The van der Waals surface area contributed by atoms with Crippen LogP contribution in [0.15, 0.2) is 18.2 Å². The summed E-state index contributed by atoms with van der Waals surface area (Å²) in [6, 6.07) is 7.19. The quantitative estimate of drug-likeness (QED) is 0.823. The third kappa shape index (κ3) is 2.18. The number of fused-ring (bicyclic) bond motifs is 1. The SMILES string of the molecule is CC(N)(C#N)COc1ccc2c(c1)OCO2. The van der Waals surface area contributed by atoms with Crippen molar-refractivity contribution in [3.05, 3.63) is 18.2 Å². The Labute approximate surface area is 93.3 Å². The first kappa shape index (κ1) is 10.6. The summed E-state index contributed by atoms with van der Waals surface area (Å²) in [4.78, 5) is 0. The van der Waals surface area contributed by atoms with Crippen molar-refractivity contribution in [2.45, 2.75) is 12.5 Å². The van der Waals surface area contributed by atoms with Gasteiger partial charge in [-0.15, -0.1) is 0 Å². The van der Waals surface area contributed by atoms with Crippen molar-refractivity contribution >= 4 is 0 Å². The number of hydrogen-bond donors (Lipinski definition) is 1. The van der Waals surface area contributed by atoms with Crippen LogP contribution in [0.3, 0.4) is 0 Å². The third-order valence-corrected chi connectivity index (χ3v) is 2.14. The number of ether oxygens (including phenoxy) is 3. The highest BCUT2D eigenvalue weighted by molar-refractivity contribution is 5.46. The maximum atomic E-state index is 8.73. The van der Waals surface area contributed by atoms with Crippen molar-refractivity contribution in [3.8, 4) is 23.3 Å². The van der Waals surface area contributed by atoms with Gasteiger partial charge in [-0.2, -0.15) is 5.26 Å². The summed E-state index contributed by atoms with van der Waals surface area (Å²) in [5, 5.41) is 8.73. The minimum absolute atomic E-state index is 0.128. The van der Waals surface area contributed by atoms with E-state index in [0.717, 1.165) is 0 Å². The monoisotopic (exact) mass is 220 g/mol. The van der Waals surface area contributed by atoms with E-state index < -0.39 is 5.54 Å².